The Hall–Kier alpha value is -0.590. The second-order valence-corrected chi connectivity index (χ2v) is 5.35. The van der Waals surface area contributed by atoms with Crippen molar-refractivity contribution in [1.82, 2.24) is 0 Å². The summed E-state index contributed by atoms with van der Waals surface area (Å²) in [4.78, 5) is 10.9. The predicted octanol–water partition coefficient (Wildman–Crippen LogP) is 5.05. The van der Waals surface area contributed by atoms with Crippen LogP contribution in [0.4, 0.5) is 0 Å². The summed E-state index contributed by atoms with van der Waals surface area (Å²) in [7, 11) is 0. The number of hydrogen-bond acceptors (Lipinski definition) is 1. The standard InChI is InChI=1S/C16H28O/c17-15-16-13-11-9-7-5-3-1-2-4-6-8-10-12-14-16/h1,3,15-16H,2,4-14H2/b3-1-. The molecule has 1 unspecified atom stereocenters. The normalized spacial score (nSPS) is 27.6. The highest BCUT2D eigenvalue weighted by molar-refractivity contribution is 5.53. The molecule has 0 aromatic carbocycles. The summed E-state index contributed by atoms with van der Waals surface area (Å²) in [6.45, 7) is 0. The highest BCUT2D eigenvalue weighted by Crippen LogP contribution is 2.17. The van der Waals surface area contributed by atoms with Crippen molar-refractivity contribution in [2.24, 2.45) is 5.92 Å². The van der Waals surface area contributed by atoms with Crippen LogP contribution in [0.25, 0.3) is 0 Å². The maximum absolute atomic E-state index is 10.9. The molecule has 1 aliphatic carbocycles. The van der Waals surface area contributed by atoms with Crippen LogP contribution < -0.4 is 0 Å². The molecule has 0 saturated heterocycles. The van der Waals surface area contributed by atoms with E-state index in [0.29, 0.717) is 5.92 Å². The highest BCUT2D eigenvalue weighted by Gasteiger charge is 2.06. The van der Waals surface area contributed by atoms with Gasteiger partial charge in [-0.05, 0) is 38.5 Å². The van der Waals surface area contributed by atoms with E-state index >= 15 is 0 Å². The van der Waals surface area contributed by atoms with Crippen molar-refractivity contribution in [3.8, 4) is 0 Å². The number of rotatable bonds is 1. The van der Waals surface area contributed by atoms with Crippen LogP contribution in [-0.4, -0.2) is 6.29 Å². The molecule has 0 bridgehead atoms. The number of hydrogen-bond donors (Lipinski definition) is 0. The van der Waals surface area contributed by atoms with Crippen molar-refractivity contribution in [2.75, 3.05) is 0 Å². The Balaban J connectivity index is 2.24. The zero-order valence-electron chi connectivity index (χ0n) is 11.2. The smallest absolute Gasteiger partial charge is 0.123 e. The molecular formula is C16H28O. The lowest BCUT2D eigenvalue weighted by Gasteiger charge is -2.09. The van der Waals surface area contributed by atoms with Crippen LogP contribution in [0.2, 0.25) is 0 Å². The van der Waals surface area contributed by atoms with Gasteiger partial charge in [0, 0.05) is 5.92 Å². The quantitative estimate of drug-likeness (QED) is 0.460. The molecule has 17 heavy (non-hydrogen) atoms. The monoisotopic (exact) mass is 236 g/mol. The molecule has 1 heteroatoms. The third kappa shape index (κ3) is 8.18. The van der Waals surface area contributed by atoms with E-state index in [9.17, 15) is 4.79 Å². The van der Waals surface area contributed by atoms with E-state index < -0.39 is 0 Å². The Kier molecular flexibility index (Phi) is 8.99. The lowest BCUT2D eigenvalue weighted by atomic mass is 9.96. The molecule has 0 fully saturated rings. The van der Waals surface area contributed by atoms with Gasteiger partial charge >= 0.3 is 0 Å². The van der Waals surface area contributed by atoms with Gasteiger partial charge in [0.25, 0.3) is 0 Å². The first-order chi connectivity index (χ1) is 8.43. The first kappa shape index (κ1) is 14.5. The molecule has 0 spiro atoms. The maximum Gasteiger partial charge on any atom is 0.123 e. The van der Waals surface area contributed by atoms with E-state index in [1.807, 2.05) is 0 Å². The lowest BCUT2D eigenvalue weighted by molar-refractivity contribution is -0.111. The molecule has 0 saturated carbocycles. The Labute approximate surface area is 107 Å². The van der Waals surface area contributed by atoms with Crippen molar-refractivity contribution in [3.05, 3.63) is 12.2 Å². The van der Waals surface area contributed by atoms with Gasteiger partial charge in [0.1, 0.15) is 6.29 Å². The molecule has 1 atom stereocenters. The van der Waals surface area contributed by atoms with Gasteiger partial charge in [-0.15, -0.1) is 0 Å². The molecule has 0 aromatic heterocycles. The van der Waals surface area contributed by atoms with E-state index in [0.717, 1.165) is 12.8 Å². The third-order valence-corrected chi connectivity index (χ3v) is 3.75. The Morgan fingerprint density at radius 2 is 1.18 bits per heavy atom. The Morgan fingerprint density at radius 3 is 1.76 bits per heavy atom. The zero-order valence-corrected chi connectivity index (χ0v) is 11.2. The second kappa shape index (κ2) is 10.6. The molecule has 0 radical (unpaired) electrons. The number of aldehydes is 1. The van der Waals surface area contributed by atoms with E-state index in [2.05, 4.69) is 12.2 Å². The first-order valence-electron chi connectivity index (χ1n) is 7.54. The van der Waals surface area contributed by atoms with E-state index in [-0.39, 0.29) is 0 Å². The van der Waals surface area contributed by atoms with Crippen LogP contribution in [-0.2, 0) is 4.79 Å². The summed E-state index contributed by atoms with van der Waals surface area (Å²) in [6.07, 6.45) is 21.0. The van der Waals surface area contributed by atoms with Gasteiger partial charge in [-0.3, -0.25) is 0 Å². The van der Waals surface area contributed by atoms with Crippen LogP contribution in [0.15, 0.2) is 12.2 Å². The summed E-state index contributed by atoms with van der Waals surface area (Å²) >= 11 is 0. The van der Waals surface area contributed by atoms with Gasteiger partial charge in [0.15, 0.2) is 0 Å². The van der Waals surface area contributed by atoms with Crippen LogP contribution in [0, 0.1) is 5.92 Å². The fraction of sp³-hybridized carbons (Fsp3) is 0.812. The molecule has 0 aromatic rings. The van der Waals surface area contributed by atoms with Crippen molar-refractivity contribution >= 4 is 6.29 Å². The summed E-state index contributed by atoms with van der Waals surface area (Å²) in [5.74, 6) is 0.343. The minimum absolute atomic E-state index is 0.343. The fourth-order valence-corrected chi connectivity index (χ4v) is 2.56. The molecule has 1 nitrogen and oxygen atoms in total. The van der Waals surface area contributed by atoms with E-state index in [1.54, 1.807) is 0 Å². The first-order valence-corrected chi connectivity index (χ1v) is 7.54. The largest absolute Gasteiger partial charge is 0.303 e. The maximum atomic E-state index is 10.9. The summed E-state index contributed by atoms with van der Waals surface area (Å²) in [5.41, 5.74) is 0. The van der Waals surface area contributed by atoms with Crippen LogP contribution in [0.5, 0.6) is 0 Å². The van der Waals surface area contributed by atoms with Gasteiger partial charge in [-0.25, -0.2) is 0 Å². The third-order valence-electron chi connectivity index (χ3n) is 3.75. The Bertz CT molecular complexity index is 208. The van der Waals surface area contributed by atoms with Crippen LogP contribution in [0.3, 0.4) is 0 Å². The van der Waals surface area contributed by atoms with Gasteiger partial charge < -0.3 is 4.79 Å². The molecule has 0 N–H and O–H groups in total. The van der Waals surface area contributed by atoms with E-state index in [4.69, 9.17) is 0 Å². The zero-order chi connectivity index (χ0) is 12.2. The van der Waals surface area contributed by atoms with Gasteiger partial charge in [0.05, 0.1) is 0 Å². The number of allylic oxidation sites excluding steroid dienone is 2. The fourth-order valence-electron chi connectivity index (χ4n) is 2.56. The second-order valence-electron chi connectivity index (χ2n) is 5.35. The van der Waals surface area contributed by atoms with Crippen molar-refractivity contribution < 1.29 is 4.79 Å². The minimum atomic E-state index is 0.343. The average molecular weight is 236 g/mol. The van der Waals surface area contributed by atoms with Gasteiger partial charge in [0.2, 0.25) is 0 Å². The van der Waals surface area contributed by atoms with Crippen LogP contribution in [0.1, 0.15) is 77.0 Å². The molecule has 0 amide bonds. The minimum Gasteiger partial charge on any atom is -0.303 e. The van der Waals surface area contributed by atoms with Gasteiger partial charge in [-0.1, -0.05) is 50.7 Å². The van der Waals surface area contributed by atoms with E-state index in [1.165, 1.54) is 70.5 Å². The van der Waals surface area contributed by atoms with Crippen LogP contribution >= 0.6 is 0 Å². The Morgan fingerprint density at radius 1 is 0.706 bits per heavy atom. The topological polar surface area (TPSA) is 17.1 Å². The molecule has 0 aliphatic heterocycles. The van der Waals surface area contributed by atoms with Crippen molar-refractivity contribution in [2.45, 2.75) is 77.0 Å². The molecular weight excluding hydrogens is 208 g/mol. The van der Waals surface area contributed by atoms with Crippen molar-refractivity contribution in [3.63, 3.8) is 0 Å². The summed E-state index contributed by atoms with van der Waals surface area (Å²) in [5, 5.41) is 0. The molecule has 0 heterocycles. The summed E-state index contributed by atoms with van der Waals surface area (Å²) < 4.78 is 0. The lowest BCUT2D eigenvalue weighted by Crippen LogP contribution is -2.02. The predicted molar refractivity (Wildman–Crippen MR) is 74.1 cm³/mol. The van der Waals surface area contributed by atoms with Crippen molar-refractivity contribution in [1.29, 1.82) is 0 Å². The van der Waals surface area contributed by atoms with Gasteiger partial charge in [-0.2, -0.15) is 0 Å². The SMILES string of the molecule is O=CC1CCCCC/C=C\CCCCCCC1. The average Bonchev–Trinajstić information content (AvgIpc) is 2.36. The number of carbonyl (C=O) groups excluding carboxylic acids is 1. The number of carbonyl (C=O) groups is 1. The summed E-state index contributed by atoms with van der Waals surface area (Å²) in [6, 6.07) is 0. The molecule has 98 valence electrons. The molecule has 1 rings (SSSR count). The highest BCUT2D eigenvalue weighted by atomic mass is 16.1. The molecule has 1 aliphatic rings.